The molecular formula is C35H27Cl2FN4O3S2. The van der Waals surface area contributed by atoms with Crippen molar-refractivity contribution in [1.29, 1.82) is 0 Å². The fraction of sp³-hybridized carbons (Fsp3) is 0.0857. The van der Waals surface area contributed by atoms with Gasteiger partial charge >= 0.3 is 0 Å². The maximum Gasteiger partial charge on any atom is 0.272 e. The normalized spacial score (nSPS) is 11.9. The van der Waals surface area contributed by atoms with Gasteiger partial charge in [0.25, 0.3) is 11.8 Å². The Bertz CT molecular complexity index is 1940. The Labute approximate surface area is 289 Å². The summed E-state index contributed by atoms with van der Waals surface area (Å²) in [5, 5.41) is 11.1. The molecule has 7 nitrogen and oxygen atoms in total. The number of hydrogen-bond donors (Lipinski definition) is 3. The second-order valence-electron chi connectivity index (χ2n) is 10.1. The first kappa shape index (κ1) is 33.9. The molecule has 1 aromatic heterocycles. The van der Waals surface area contributed by atoms with Crippen LogP contribution >= 0.6 is 46.3 Å². The van der Waals surface area contributed by atoms with Crippen LogP contribution in [0.2, 0.25) is 10.0 Å². The van der Waals surface area contributed by atoms with Crippen molar-refractivity contribution >= 4 is 80.9 Å². The molecule has 3 N–H and O–H groups in total. The highest BCUT2D eigenvalue weighted by Crippen LogP contribution is 2.32. The first-order chi connectivity index (χ1) is 22.7. The number of nitrogens with zero attached hydrogens (tertiary/aromatic N) is 1. The van der Waals surface area contributed by atoms with Crippen LogP contribution in [0.4, 0.5) is 15.2 Å². The number of amides is 3. The summed E-state index contributed by atoms with van der Waals surface area (Å²) in [7, 11) is 0. The Balaban J connectivity index is 1.27. The molecule has 3 amide bonds. The SMILES string of the molecule is CCC(Sc1cccc(NC(=O)/C(=C/c2ccc(F)cc2)NC(=O)c2ccccc2)c1)C(=O)Nc1nc(-c2ccc(Cl)c(Cl)c2)cs1. The van der Waals surface area contributed by atoms with Crippen LogP contribution in [-0.4, -0.2) is 28.0 Å². The number of hydrogen-bond acceptors (Lipinski definition) is 6. The van der Waals surface area contributed by atoms with E-state index in [9.17, 15) is 18.8 Å². The Kier molecular flexibility index (Phi) is 11.4. The summed E-state index contributed by atoms with van der Waals surface area (Å²) in [4.78, 5) is 44.8. The lowest BCUT2D eigenvalue weighted by atomic mass is 10.1. The summed E-state index contributed by atoms with van der Waals surface area (Å²) < 4.78 is 13.5. The minimum atomic E-state index is -0.577. The molecule has 0 spiro atoms. The van der Waals surface area contributed by atoms with E-state index >= 15 is 0 Å². The van der Waals surface area contributed by atoms with Crippen molar-refractivity contribution in [2.45, 2.75) is 23.5 Å². The van der Waals surface area contributed by atoms with Gasteiger partial charge in [-0.1, -0.05) is 72.6 Å². The molecular weight excluding hydrogens is 678 g/mol. The van der Waals surface area contributed by atoms with Gasteiger partial charge in [-0.2, -0.15) is 0 Å². The molecule has 0 fully saturated rings. The van der Waals surface area contributed by atoms with Crippen LogP contribution in [0.5, 0.6) is 0 Å². The molecule has 5 aromatic rings. The number of thiazole rings is 1. The maximum absolute atomic E-state index is 13.5. The summed E-state index contributed by atoms with van der Waals surface area (Å²) in [5.74, 6) is -1.68. The number of rotatable bonds is 11. The number of anilines is 2. The lowest BCUT2D eigenvalue weighted by molar-refractivity contribution is -0.116. The summed E-state index contributed by atoms with van der Waals surface area (Å²) in [5.41, 5.74) is 2.78. The number of halogens is 3. The Morgan fingerprint density at radius 2 is 1.68 bits per heavy atom. The van der Waals surface area contributed by atoms with Crippen LogP contribution < -0.4 is 16.0 Å². The number of aromatic nitrogens is 1. The molecule has 4 aromatic carbocycles. The summed E-state index contributed by atoms with van der Waals surface area (Å²) in [6.07, 6.45) is 2.01. The van der Waals surface area contributed by atoms with Crippen LogP contribution in [0, 0.1) is 5.82 Å². The highest BCUT2D eigenvalue weighted by molar-refractivity contribution is 8.00. The molecule has 0 saturated heterocycles. The van der Waals surface area contributed by atoms with Crippen LogP contribution in [0.1, 0.15) is 29.3 Å². The summed E-state index contributed by atoms with van der Waals surface area (Å²) in [6, 6.07) is 26.3. The molecule has 0 bridgehead atoms. The van der Waals surface area contributed by atoms with Gasteiger partial charge in [-0.15, -0.1) is 23.1 Å². The largest absolute Gasteiger partial charge is 0.321 e. The van der Waals surface area contributed by atoms with Crippen LogP contribution in [0.3, 0.4) is 0 Å². The standard InChI is InChI=1S/C35H27Cl2FN4O3S2/c1-2-31(34(45)42-35-41-30(20-46-35)23-13-16-27(36)28(37)18-23)47-26-10-6-9-25(19-26)39-33(44)29(17-21-11-14-24(38)15-12-21)40-32(43)22-7-4-3-5-8-22/h3-20,31H,2H2,1H3,(H,39,44)(H,40,43)(H,41,42,45)/b29-17-. The molecule has 0 radical (unpaired) electrons. The van der Waals surface area contributed by atoms with Crippen molar-refractivity contribution in [2.75, 3.05) is 10.6 Å². The lowest BCUT2D eigenvalue weighted by Gasteiger charge is -2.15. The van der Waals surface area contributed by atoms with Crippen molar-refractivity contribution < 1.29 is 18.8 Å². The monoisotopic (exact) mass is 704 g/mol. The van der Waals surface area contributed by atoms with Crippen LogP contribution in [0.15, 0.2) is 113 Å². The molecule has 1 unspecified atom stereocenters. The fourth-order valence-corrected chi connectivity index (χ4v) is 6.34. The molecule has 0 aliphatic heterocycles. The molecule has 0 aliphatic carbocycles. The zero-order valence-corrected chi connectivity index (χ0v) is 27.9. The third-order valence-electron chi connectivity index (χ3n) is 6.69. The predicted molar refractivity (Wildman–Crippen MR) is 189 cm³/mol. The van der Waals surface area contributed by atoms with Crippen molar-refractivity contribution in [3.05, 3.63) is 135 Å². The van der Waals surface area contributed by atoms with E-state index in [-0.39, 0.29) is 11.6 Å². The van der Waals surface area contributed by atoms with E-state index in [1.54, 1.807) is 60.7 Å². The number of benzene rings is 4. The fourth-order valence-electron chi connectivity index (χ4n) is 4.31. The van der Waals surface area contributed by atoms with Crippen molar-refractivity contribution in [3.63, 3.8) is 0 Å². The number of nitrogens with one attached hydrogen (secondary N) is 3. The van der Waals surface area contributed by atoms with Gasteiger partial charge in [0.1, 0.15) is 11.5 Å². The molecule has 0 saturated carbocycles. The van der Waals surface area contributed by atoms with E-state index in [1.165, 1.54) is 53.4 Å². The van der Waals surface area contributed by atoms with Crippen molar-refractivity contribution in [3.8, 4) is 11.3 Å². The predicted octanol–water partition coefficient (Wildman–Crippen LogP) is 9.17. The first-order valence-corrected chi connectivity index (χ1v) is 16.8. The van der Waals surface area contributed by atoms with Gasteiger partial charge < -0.3 is 16.0 Å². The quantitative estimate of drug-likeness (QED) is 0.0941. The van der Waals surface area contributed by atoms with Gasteiger partial charge in [-0.3, -0.25) is 14.4 Å². The Hall–Kier alpha value is -4.48. The number of thioether (sulfide) groups is 1. The second-order valence-corrected chi connectivity index (χ2v) is 13.0. The van der Waals surface area contributed by atoms with Gasteiger partial charge in [-0.05, 0) is 72.7 Å². The third-order valence-corrected chi connectivity index (χ3v) is 9.55. The van der Waals surface area contributed by atoms with Crippen LogP contribution in [0.25, 0.3) is 17.3 Å². The molecule has 1 atom stereocenters. The minimum Gasteiger partial charge on any atom is -0.321 e. The van der Waals surface area contributed by atoms with Crippen LogP contribution in [-0.2, 0) is 9.59 Å². The molecule has 12 heteroatoms. The summed E-state index contributed by atoms with van der Waals surface area (Å²) in [6.45, 7) is 1.91. The van der Waals surface area contributed by atoms with Gasteiger partial charge in [0.15, 0.2) is 5.13 Å². The molecule has 5 rings (SSSR count). The highest BCUT2D eigenvalue weighted by atomic mass is 35.5. The van der Waals surface area contributed by atoms with E-state index in [4.69, 9.17) is 23.2 Å². The smallest absolute Gasteiger partial charge is 0.272 e. The van der Waals surface area contributed by atoms with Gasteiger partial charge in [0.05, 0.1) is 21.0 Å². The minimum absolute atomic E-state index is 0.0296. The zero-order chi connectivity index (χ0) is 33.3. The lowest BCUT2D eigenvalue weighted by Crippen LogP contribution is -2.30. The third kappa shape index (κ3) is 9.30. The Morgan fingerprint density at radius 3 is 2.40 bits per heavy atom. The molecule has 0 aliphatic rings. The average molecular weight is 706 g/mol. The van der Waals surface area contributed by atoms with Crippen molar-refractivity contribution in [2.24, 2.45) is 0 Å². The second kappa shape index (κ2) is 15.9. The van der Waals surface area contributed by atoms with Gasteiger partial charge in [-0.25, -0.2) is 9.37 Å². The number of carbonyl (C=O) groups excluding carboxylic acids is 3. The average Bonchev–Trinajstić information content (AvgIpc) is 3.54. The van der Waals surface area contributed by atoms with E-state index < -0.39 is 22.9 Å². The van der Waals surface area contributed by atoms with E-state index in [1.807, 2.05) is 24.4 Å². The molecule has 238 valence electrons. The molecule has 1 heterocycles. The van der Waals surface area contributed by atoms with E-state index in [0.717, 1.165) is 10.5 Å². The maximum atomic E-state index is 13.5. The number of carbonyl (C=O) groups is 3. The highest BCUT2D eigenvalue weighted by Gasteiger charge is 2.21. The van der Waals surface area contributed by atoms with Gasteiger partial charge in [0, 0.05) is 27.1 Å². The first-order valence-electron chi connectivity index (χ1n) is 14.3. The van der Waals surface area contributed by atoms with Crippen molar-refractivity contribution in [1.82, 2.24) is 10.3 Å². The van der Waals surface area contributed by atoms with E-state index in [0.29, 0.717) is 44.1 Å². The van der Waals surface area contributed by atoms with Gasteiger partial charge in [0.2, 0.25) is 5.91 Å². The Morgan fingerprint density at radius 1 is 0.915 bits per heavy atom. The molecule has 47 heavy (non-hydrogen) atoms. The topological polar surface area (TPSA) is 100 Å². The zero-order valence-electron chi connectivity index (χ0n) is 24.8. The summed E-state index contributed by atoms with van der Waals surface area (Å²) >= 11 is 14.8. The van der Waals surface area contributed by atoms with E-state index in [2.05, 4.69) is 20.9 Å².